The largest absolute Gasteiger partial charge is 0.350 e. The quantitative estimate of drug-likeness (QED) is 0.547. The van der Waals surface area contributed by atoms with E-state index in [2.05, 4.69) is 26.5 Å². The summed E-state index contributed by atoms with van der Waals surface area (Å²) in [5.74, 6) is 1.45. The zero-order valence-electron chi connectivity index (χ0n) is 16.3. The third-order valence-electron chi connectivity index (χ3n) is 4.54. The van der Waals surface area contributed by atoms with Crippen LogP contribution in [0.1, 0.15) is 17.0 Å². The molecule has 4 aromatic rings. The van der Waals surface area contributed by atoms with E-state index in [1.807, 2.05) is 62.4 Å². The first-order chi connectivity index (χ1) is 14.1. The Morgan fingerprint density at radius 2 is 1.90 bits per heavy atom. The molecule has 2 aromatic carbocycles. The van der Waals surface area contributed by atoms with Crippen LogP contribution in [0.2, 0.25) is 0 Å². The van der Waals surface area contributed by atoms with Crippen LogP contribution in [0.15, 0.2) is 65.3 Å². The third-order valence-corrected chi connectivity index (χ3v) is 4.54. The first-order valence-electron chi connectivity index (χ1n) is 9.34. The zero-order valence-corrected chi connectivity index (χ0v) is 16.3. The average Bonchev–Trinajstić information content (AvgIpc) is 3.35. The molecule has 4 rings (SSSR count). The minimum Gasteiger partial charge on any atom is -0.350 e. The Balaban J connectivity index is 1.43. The molecule has 0 aliphatic heterocycles. The Kier molecular flexibility index (Phi) is 5.20. The van der Waals surface area contributed by atoms with Gasteiger partial charge in [-0.3, -0.25) is 4.79 Å². The molecular formula is C22H21N5O2. The molecule has 0 fully saturated rings. The van der Waals surface area contributed by atoms with Gasteiger partial charge >= 0.3 is 0 Å². The molecule has 2 heterocycles. The Hall–Kier alpha value is -3.74. The zero-order chi connectivity index (χ0) is 20.2. The lowest BCUT2D eigenvalue weighted by molar-refractivity contribution is -0.121. The summed E-state index contributed by atoms with van der Waals surface area (Å²) in [6.07, 6.45) is 1.77. The third kappa shape index (κ3) is 4.40. The van der Waals surface area contributed by atoms with Crippen molar-refractivity contribution in [1.82, 2.24) is 25.0 Å². The first kappa shape index (κ1) is 18.6. The van der Waals surface area contributed by atoms with Gasteiger partial charge in [-0.15, -0.1) is 0 Å². The topological polar surface area (TPSA) is 85.8 Å². The smallest absolute Gasteiger partial charge is 0.258 e. The van der Waals surface area contributed by atoms with Crippen molar-refractivity contribution in [3.05, 3.63) is 77.7 Å². The number of rotatable bonds is 6. The highest BCUT2D eigenvalue weighted by molar-refractivity contribution is 5.76. The lowest BCUT2D eigenvalue weighted by Crippen LogP contribution is -2.27. The second kappa shape index (κ2) is 8.10. The molecule has 1 N–H and O–H groups in total. The second-order valence-electron chi connectivity index (χ2n) is 6.86. The van der Waals surface area contributed by atoms with Crippen molar-refractivity contribution in [3.8, 4) is 23.0 Å². The second-order valence-corrected chi connectivity index (χ2v) is 6.86. The minimum absolute atomic E-state index is 0.0864. The summed E-state index contributed by atoms with van der Waals surface area (Å²) in [7, 11) is 0. The molecular weight excluding hydrogens is 366 g/mol. The minimum atomic E-state index is -0.0864. The fraction of sp³-hybridized carbons (Fsp3) is 0.182. The maximum Gasteiger partial charge on any atom is 0.258 e. The van der Waals surface area contributed by atoms with E-state index in [0.29, 0.717) is 29.8 Å². The van der Waals surface area contributed by atoms with Crippen molar-refractivity contribution in [2.75, 3.05) is 0 Å². The van der Waals surface area contributed by atoms with Crippen LogP contribution in [0.4, 0.5) is 0 Å². The molecule has 146 valence electrons. The molecule has 0 unspecified atom stereocenters. The molecule has 0 aliphatic rings. The van der Waals surface area contributed by atoms with Crippen molar-refractivity contribution in [2.24, 2.45) is 0 Å². The summed E-state index contributed by atoms with van der Waals surface area (Å²) in [4.78, 5) is 21.2. The van der Waals surface area contributed by atoms with E-state index in [-0.39, 0.29) is 12.5 Å². The SMILES string of the molecule is Cc1cccc(CNC(=O)Cn2cc(-c3noc(-c4ccccc4)n3)nc2C)c1. The van der Waals surface area contributed by atoms with Gasteiger partial charge in [0, 0.05) is 18.3 Å². The first-order valence-corrected chi connectivity index (χ1v) is 9.34. The molecule has 2 aromatic heterocycles. The lowest BCUT2D eigenvalue weighted by atomic mass is 10.1. The van der Waals surface area contributed by atoms with E-state index in [1.54, 1.807) is 10.8 Å². The monoisotopic (exact) mass is 387 g/mol. The number of hydrogen-bond donors (Lipinski definition) is 1. The summed E-state index contributed by atoms with van der Waals surface area (Å²) in [6, 6.07) is 17.6. The molecule has 0 saturated carbocycles. The molecule has 0 bridgehead atoms. The highest BCUT2D eigenvalue weighted by atomic mass is 16.5. The number of imidazole rings is 1. The Bertz CT molecular complexity index is 1130. The molecule has 1 amide bonds. The average molecular weight is 387 g/mol. The van der Waals surface area contributed by atoms with Gasteiger partial charge in [-0.1, -0.05) is 53.2 Å². The van der Waals surface area contributed by atoms with Gasteiger partial charge in [0.1, 0.15) is 18.1 Å². The van der Waals surface area contributed by atoms with Crippen LogP contribution in [0, 0.1) is 13.8 Å². The molecule has 0 aliphatic carbocycles. The van der Waals surface area contributed by atoms with Crippen LogP contribution < -0.4 is 5.32 Å². The van der Waals surface area contributed by atoms with Crippen molar-refractivity contribution in [3.63, 3.8) is 0 Å². The van der Waals surface area contributed by atoms with Crippen LogP contribution in [-0.4, -0.2) is 25.6 Å². The molecule has 0 spiro atoms. The van der Waals surface area contributed by atoms with Crippen molar-refractivity contribution in [2.45, 2.75) is 26.9 Å². The number of nitrogens with zero attached hydrogens (tertiary/aromatic N) is 4. The Labute approximate surface area is 168 Å². The van der Waals surface area contributed by atoms with Gasteiger partial charge in [0.15, 0.2) is 0 Å². The summed E-state index contributed by atoms with van der Waals surface area (Å²) < 4.78 is 7.12. The number of aromatic nitrogens is 4. The highest BCUT2D eigenvalue weighted by Crippen LogP contribution is 2.21. The maximum absolute atomic E-state index is 12.3. The van der Waals surface area contributed by atoms with Crippen LogP contribution in [0.25, 0.3) is 23.0 Å². The molecule has 0 saturated heterocycles. The van der Waals surface area contributed by atoms with E-state index in [4.69, 9.17) is 4.52 Å². The summed E-state index contributed by atoms with van der Waals surface area (Å²) in [6.45, 7) is 4.54. The van der Waals surface area contributed by atoms with Gasteiger partial charge in [0.2, 0.25) is 11.7 Å². The van der Waals surface area contributed by atoms with Gasteiger partial charge in [-0.2, -0.15) is 4.98 Å². The summed E-state index contributed by atoms with van der Waals surface area (Å²) in [5, 5.41) is 6.96. The van der Waals surface area contributed by atoms with E-state index in [1.165, 1.54) is 5.56 Å². The number of nitrogens with one attached hydrogen (secondary N) is 1. The molecule has 7 nitrogen and oxygen atoms in total. The van der Waals surface area contributed by atoms with Gasteiger partial charge < -0.3 is 14.4 Å². The van der Waals surface area contributed by atoms with Crippen LogP contribution in [0.3, 0.4) is 0 Å². The van der Waals surface area contributed by atoms with E-state index < -0.39 is 0 Å². The normalized spacial score (nSPS) is 10.8. The summed E-state index contributed by atoms with van der Waals surface area (Å²) >= 11 is 0. The Morgan fingerprint density at radius 3 is 2.69 bits per heavy atom. The maximum atomic E-state index is 12.3. The predicted molar refractivity (Wildman–Crippen MR) is 109 cm³/mol. The van der Waals surface area contributed by atoms with Crippen molar-refractivity contribution >= 4 is 5.91 Å². The number of carbonyl (C=O) groups is 1. The number of aryl methyl sites for hydroxylation is 2. The molecule has 0 atom stereocenters. The Morgan fingerprint density at radius 1 is 1.07 bits per heavy atom. The highest BCUT2D eigenvalue weighted by Gasteiger charge is 2.15. The van der Waals surface area contributed by atoms with Gasteiger partial charge in [-0.05, 0) is 31.5 Å². The van der Waals surface area contributed by atoms with Gasteiger partial charge in [0.05, 0.1) is 0 Å². The van der Waals surface area contributed by atoms with Crippen LogP contribution in [-0.2, 0) is 17.9 Å². The van der Waals surface area contributed by atoms with E-state index in [0.717, 1.165) is 11.1 Å². The molecule has 0 radical (unpaired) electrons. The van der Waals surface area contributed by atoms with E-state index >= 15 is 0 Å². The van der Waals surface area contributed by atoms with Crippen molar-refractivity contribution < 1.29 is 9.32 Å². The number of amides is 1. The van der Waals surface area contributed by atoms with Gasteiger partial charge in [-0.25, -0.2) is 4.98 Å². The van der Waals surface area contributed by atoms with Crippen LogP contribution in [0.5, 0.6) is 0 Å². The van der Waals surface area contributed by atoms with E-state index in [9.17, 15) is 4.79 Å². The predicted octanol–water partition coefficient (Wildman–Crippen LogP) is 3.53. The number of carbonyl (C=O) groups excluding carboxylic acids is 1. The summed E-state index contributed by atoms with van der Waals surface area (Å²) in [5.41, 5.74) is 3.65. The number of benzene rings is 2. The fourth-order valence-electron chi connectivity index (χ4n) is 3.04. The standard InChI is InChI=1S/C22H21N5O2/c1-15-7-6-8-17(11-15)12-23-20(28)14-27-13-19(24-16(27)2)21-25-22(29-26-21)18-9-4-3-5-10-18/h3-11,13H,12,14H2,1-2H3,(H,23,28). The molecule has 7 heteroatoms. The lowest BCUT2D eigenvalue weighted by Gasteiger charge is -2.07. The van der Waals surface area contributed by atoms with Crippen molar-refractivity contribution in [1.29, 1.82) is 0 Å². The van der Waals surface area contributed by atoms with Crippen LogP contribution >= 0.6 is 0 Å². The molecule has 29 heavy (non-hydrogen) atoms. The van der Waals surface area contributed by atoms with Gasteiger partial charge in [0.25, 0.3) is 5.89 Å². The fourth-order valence-corrected chi connectivity index (χ4v) is 3.04. The number of hydrogen-bond acceptors (Lipinski definition) is 5.